The summed E-state index contributed by atoms with van der Waals surface area (Å²) in [5.74, 6) is 0. The minimum absolute atomic E-state index is 0. The van der Waals surface area contributed by atoms with Gasteiger partial charge < -0.3 is 9.97 Å². The van der Waals surface area contributed by atoms with Crippen molar-refractivity contribution in [1.29, 1.82) is 0 Å². The summed E-state index contributed by atoms with van der Waals surface area (Å²) in [6.45, 7) is 4.18. The van der Waals surface area contributed by atoms with Gasteiger partial charge in [0.15, 0.2) is 0 Å². The minimum Gasteiger partial charge on any atom is -0.656 e. The van der Waals surface area contributed by atoms with E-state index < -0.39 is 0 Å². The van der Waals surface area contributed by atoms with Gasteiger partial charge in [0.05, 0.1) is 22.8 Å². The fraction of sp³-hybridized carbons (Fsp3) is 0.0588. The second-order valence-corrected chi connectivity index (χ2v) is 11.6. The second-order valence-electron chi connectivity index (χ2n) is 9.97. The molecule has 0 unspecified atom stereocenters. The van der Waals surface area contributed by atoms with Crippen LogP contribution in [0.1, 0.15) is 33.9 Å². The maximum Gasteiger partial charge on any atom is 2.00 e. The van der Waals surface area contributed by atoms with Crippen molar-refractivity contribution in [2.75, 3.05) is 0 Å². The number of hydrogen-bond donors (Lipinski definition) is 0. The quantitative estimate of drug-likeness (QED) is 0.168. The topological polar surface area (TPSA) is 54.0 Å². The molecule has 3 aromatic heterocycles. The van der Waals surface area contributed by atoms with Gasteiger partial charge in [0.1, 0.15) is 0 Å². The maximum absolute atomic E-state index is 5.05. The summed E-state index contributed by atoms with van der Waals surface area (Å²) >= 11 is 7.62. The number of hydrogen-bond acceptors (Lipinski definition) is 2. The Hall–Kier alpha value is -3.51. The summed E-state index contributed by atoms with van der Waals surface area (Å²) in [6.07, 6.45) is 8.16. The Labute approximate surface area is 264 Å². The van der Waals surface area contributed by atoms with Gasteiger partial charge in [0, 0.05) is 14.5 Å². The van der Waals surface area contributed by atoms with Gasteiger partial charge in [-0.2, -0.15) is 0 Å². The van der Waals surface area contributed by atoms with E-state index >= 15 is 0 Å². The molecule has 0 aliphatic carbocycles. The molecule has 4 nitrogen and oxygen atoms in total. The molecular formula is C34H22Br2N4Ni. The molecule has 0 atom stereocenters. The molecule has 2 aliphatic rings. The maximum atomic E-state index is 5.05. The fourth-order valence-corrected chi connectivity index (χ4v) is 5.93. The molecule has 0 N–H and O–H groups in total. The summed E-state index contributed by atoms with van der Waals surface area (Å²) < 4.78 is 1.68. The van der Waals surface area contributed by atoms with Crippen LogP contribution in [0.25, 0.3) is 68.6 Å². The molecule has 5 heterocycles. The van der Waals surface area contributed by atoms with Crippen LogP contribution in [0.3, 0.4) is 0 Å². The van der Waals surface area contributed by atoms with E-state index in [9.17, 15) is 0 Å². The Balaban J connectivity index is 0.00000302. The Morgan fingerprint density at radius 3 is 1.27 bits per heavy atom. The SMILES string of the molecule is Cc1ccc(-c2c3nc(c(Br)c4ccc([n-]4)c(-c4ccc(C)cc4)c4ccc([n-]4)c(Br)c4nc2C=C4)C=C3)cc1.[Ni+2]. The molecular weight excluding hydrogens is 683 g/mol. The molecule has 7 rings (SSSR count). The van der Waals surface area contributed by atoms with E-state index in [2.05, 4.69) is 119 Å². The molecule has 7 heteroatoms. The fourth-order valence-electron chi connectivity index (χ4n) is 5.05. The van der Waals surface area contributed by atoms with Gasteiger partial charge in [0.25, 0.3) is 0 Å². The average molecular weight is 705 g/mol. The van der Waals surface area contributed by atoms with E-state index in [1.807, 2.05) is 24.3 Å². The predicted molar refractivity (Wildman–Crippen MR) is 173 cm³/mol. The van der Waals surface area contributed by atoms with E-state index in [4.69, 9.17) is 19.9 Å². The van der Waals surface area contributed by atoms with Crippen molar-refractivity contribution >= 4 is 78.2 Å². The number of benzene rings is 2. The van der Waals surface area contributed by atoms with Crippen LogP contribution in [0, 0.1) is 13.8 Å². The van der Waals surface area contributed by atoms with Crippen molar-refractivity contribution in [3.63, 3.8) is 0 Å². The van der Waals surface area contributed by atoms with Gasteiger partial charge in [-0.25, -0.2) is 9.97 Å². The molecule has 0 fully saturated rings. The number of aryl methyl sites for hydroxylation is 2. The molecule has 5 aromatic rings. The van der Waals surface area contributed by atoms with Crippen LogP contribution in [0.15, 0.2) is 81.7 Å². The van der Waals surface area contributed by atoms with Crippen molar-refractivity contribution < 1.29 is 16.5 Å². The standard InChI is InChI=1S/C34H22Br2N4.Ni/c1-19-3-7-21(8-4-19)31-23-11-15-27(37-23)33(35)29-17-13-25(39-29)32(22-9-5-20(2)6-10-22)26-14-18-30(40-26)34(36)28-16-12-24(31)38-28;/h3-18H,1-2H3;/q-2;+2. The Morgan fingerprint density at radius 2 is 0.829 bits per heavy atom. The van der Waals surface area contributed by atoms with E-state index in [0.717, 1.165) is 76.0 Å². The van der Waals surface area contributed by atoms with Crippen LogP contribution in [0.4, 0.5) is 0 Å². The van der Waals surface area contributed by atoms with E-state index in [1.165, 1.54) is 11.1 Å². The summed E-state index contributed by atoms with van der Waals surface area (Å²) in [5.41, 5.74) is 13.2. The zero-order valence-corrected chi connectivity index (χ0v) is 26.3. The molecule has 0 saturated carbocycles. The smallest absolute Gasteiger partial charge is 0.656 e. The second kappa shape index (κ2) is 11.1. The van der Waals surface area contributed by atoms with Gasteiger partial charge in [-0.3, -0.25) is 0 Å². The Morgan fingerprint density at radius 1 is 0.463 bits per heavy atom. The number of nitrogens with zero attached hydrogens (tertiary/aromatic N) is 4. The summed E-state index contributed by atoms with van der Waals surface area (Å²) in [5, 5.41) is 0. The van der Waals surface area contributed by atoms with Crippen molar-refractivity contribution in [2.45, 2.75) is 13.8 Å². The predicted octanol–water partition coefficient (Wildman–Crippen LogP) is 9.39. The number of fused-ring (bicyclic) bond motifs is 8. The van der Waals surface area contributed by atoms with Gasteiger partial charge >= 0.3 is 16.5 Å². The van der Waals surface area contributed by atoms with Crippen LogP contribution < -0.4 is 9.97 Å². The van der Waals surface area contributed by atoms with Gasteiger partial charge in [-0.1, -0.05) is 83.9 Å². The summed E-state index contributed by atoms with van der Waals surface area (Å²) in [7, 11) is 0. The first-order chi connectivity index (χ1) is 19.4. The first-order valence-electron chi connectivity index (χ1n) is 13.0. The first-order valence-corrected chi connectivity index (χ1v) is 14.5. The van der Waals surface area contributed by atoms with Crippen LogP contribution in [-0.4, -0.2) is 9.97 Å². The van der Waals surface area contributed by atoms with E-state index in [-0.39, 0.29) is 16.5 Å². The van der Waals surface area contributed by atoms with Crippen LogP contribution in [-0.2, 0) is 16.5 Å². The molecule has 41 heavy (non-hydrogen) atoms. The van der Waals surface area contributed by atoms with Crippen LogP contribution >= 0.6 is 31.9 Å². The largest absolute Gasteiger partial charge is 2.00 e. The zero-order valence-electron chi connectivity index (χ0n) is 22.1. The van der Waals surface area contributed by atoms with E-state index in [1.54, 1.807) is 0 Å². The van der Waals surface area contributed by atoms with Gasteiger partial charge in [-0.05, 0) is 86.7 Å². The van der Waals surface area contributed by atoms with Crippen molar-refractivity contribution in [3.8, 4) is 22.3 Å². The zero-order chi connectivity index (χ0) is 27.4. The Kier molecular flexibility index (Phi) is 7.45. The number of halogens is 2. The summed E-state index contributed by atoms with van der Waals surface area (Å²) in [4.78, 5) is 20.2. The third-order valence-corrected chi connectivity index (χ3v) is 8.79. The molecule has 202 valence electrons. The number of rotatable bonds is 2. The molecule has 0 radical (unpaired) electrons. The molecule has 2 aliphatic heterocycles. The van der Waals surface area contributed by atoms with Crippen LogP contribution in [0.2, 0.25) is 0 Å². The van der Waals surface area contributed by atoms with Crippen molar-refractivity contribution in [3.05, 3.63) is 116 Å². The molecule has 2 aromatic carbocycles. The van der Waals surface area contributed by atoms with Crippen molar-refractivity contribution in [2.24, 2.45) is 0 Å². The van der Waals surface area contributed by atoms with E-state index in [0.29, 0.717) is 0 Å². The third-order valence-electron chi connectivity index (χ3n) is 7.16. The minimum atomic E-state index is 0. The molecule has 0 saturated heterocycles. The normalized spacial score (nSPS) is 12.0. The number of aromatic nitrogens is 4. The average Bonchev–Trinajstić information content (AvgIpc) is 3.78. The molecule has 0 amide bonds. The monoisotopic (exact) mass is 702 g/mol. The van der Waals surface area contributed by atoms with Gasteiger partial charge in [-0.15, -0.1) is 22.1 Å². The first kappa shape index (κ1) is 27.7. The Bertz CT molecular complexity index is 1930. The third kappa shape index (κ3) is 5.08. The van der Waals surface area contributed by atoms with Crippen LogP contribution in [0.5, 0.6) is 0 Å². The molecule has 8 bridgehead atoms. The van der Waals surface area contributed by atoms with Crippen molar-refractivity contribution in [1.82, 2.24) is 19.9 Å². The van der Waals surface area contributed by atoms with Gasteiger partial charge in [0.2, 0.25) is 0 Å². The summed E-state index contributed by atoms with van der Waals surface area (Å²) in [6, 6.07) is 25.1. The molecule has 0 spiro atoms.